The standard InChI is InChI=1S/C15H23N5O2/c1-11(2)9-20-10-12(8-13(20)21)14(22)16-6-7-19-15-17-4-3-5-18-15/h3-5,11-12H,6-10H2,1-2H3,(H,16,22)(H,17,18,19). The lowest BCUT2D eigenvalue weighted by Gasteiger charge is -2.18. The summed E-state index contributed by atoms with van der Waals surface area (Å²) in [5.74, 6) is 0.732. The number of amides is 2. The minimum absolute atomic E-state index is 0.0598. The maximum Gasteiger partial charge on any atom is 0.225 e. The van der Waals surface area contributed by atoms with E-state index in [0.717, 1.165) is 6.54 Å². The Morgan fingerprint density at radius 2 is 2.09 bits per heavy atom. The number of nitrogens with zero attached hydrogens (tertiary/aromatic N) is 3. The average Bonchev–Trinajstić information content (AvgIpc) is 2.85. The topological polar surface area (TPSA) is 87.2 Å². The summed E-state index contributed by atoms with van der Waals surface area (Å²) < 4.78 is 0. The van der Waals surface area contributed by atoms with E-state index < -0.39 is 0 Å². The molecule has 2 rings (SSSR count). The van der Waals surface area contributed by atoms with Gasteiger partial charge in [0, 0.05) is 45.0 Å². The van der Waals surface area contributed by atoms with Crippen LogP contribution in [0.4, 0.5) is 5.95 Å². The number of hydrogen-bond acceptors (Lipinski definition) is 5. The van der Waals surface area contributed by atoms with Crippen molar-refractivity contribution in [3.63, 3.8) is 0 Å². The predicted octanol–water partition coefficient (Wildman–Crippen LogP) is 0.509. The third-order valence-corrected chi connectivity index (χ3v) is 3.44. The van der Waals surface area contributed by atoms with Gasteiger partial charge >= 0.3 is 0 Å². The second-order valence-electron chi connectivity index (χ2n) is 5.88. The van der Waals surface area contributed by atoms with Gasteiger partial charge in [0.1, 0.15) is 0 Å². The summed E-state index contributed by atoms with van der Waals surface area (Å²) in [5, 5.41) is 5.87. The summed E-state index contributed by atoms with van der Waals surface area (Å²) in [5.41, 5.74) is 0. The molecule has 1 unspecified atom stereocenters. The number of nitrogens with one attached hydrogen (secondary N) is 2. The lowest BCUT2D eigenvalue weighted by molar-refractivity contribution is -0.129. The number of carbonyl (C=O) groups excluding carboxylic acids is 2. The van der Waals surface area contributed by atoms with Crippen molar-refractivity contribution >= 4 is 17.8 Å². The van der Waals surface area contributed by atoms with E-state index in [0.29, 0.717) is 37.9 Å². The van der Waals surface area contributed by atoms with Crippen molar-refractivity contribution in [1.82, 2.24) is 20.2 Å². The first kappa shape index (κ1) is 16.2. The van der Waals surface area contributed by atoms with Crippen LogP contribution in [0.3, 0.4) is 0 Å². The van der Waals surface area contributed by atoms with Gasteiger partial charge in [-0.15, -0.1) is 0 Å². The molecular formula is C15H23N5O2. The zero-order valence-corrected chi connectivity index (χ0v) is 13.1. The monoisotopic (exact) mass is 305 g/mol. The van der Waals surface area contributed by atoms with Crippen molar-refractivity contribution in [3.05, 3.63) is 18.5 Å². The molecule has 7 heteroatoms. The first-order valence-corrected chi connectivity index (χ1v) is 7.62. The van der Waals surface area contributed by atoms with E-state index in [9.17, 15) is 9.59 Å². The number of aromatic nitrogens is 2. The smallest absolute Gasteiger partial charge is 0.225 e. The Morgan fingerprint density at radius 1 is 1.36 bits per heavy atom. The highest BCUT2D eigenvalue weighted by Gasteiger charge is 2.34. The SMILES string of the molecule is CC(C)CN1CC(C(=O)NCCNc2ncccn2)CC1=O. The molecule has 2 heterocycles. The highest BCUT2D eigenvalue weighted by molar-refractivity contribution is 5.89. The third-order valence-electron chi connectivity index (χ3n) is 3.44. The van der Waals surface area contributed by atoms with Crippen LogP contribution in [0.5, 0.6) is 0 Å². The Balaban J connectivity index is 1.68. The lowest BCUT2D eigenvalue weighted by Crippen LogP contribution is -2.36. The molecule has 2 N–H and O–H groups in total. The van der Waals surface area contributed by atoms with Crippen LogP contribution in [0.2, 0.25) is 0 Å². The van der Waals surface area contributed by atoms with E-state index >= 15 is 0 Å². The zero-order chi connectivity index (χ0) is 15.9. The number of carbonyl (C=O) groups is 2. The van der Waals surface area contributed by atoms with Gasteiger partial charge in [-0.3, -0.25) is 9.59 Å². The number of likely N-dealkylation sites (tertiary alicyclic amines) is 1. The normalized spacial score (nSPS) is 17.9. The van der Waals surface area contributed by atoms with Gasteiger partial charge in [-0.05, 0) is 12.0 Å². The molecular weight excluding hydrogens is 282 g/mol. The average molecular weight is 305 g/mol. The second-order valence-corrected chi connectivity index (χ2v) is 5.88. The van der Waals surface area contributed by atoms with Crippen LogP contribution in [-0.2, 0) is 9.59 Å². The van der Waals surface area contributed by atoms with Gasteiger partial charge in [0.15, 0.2) is 0 Å². The van der Waals surface area contributed by atoms with Gasteiger partial charge in [-0.1, -0.05) is 13.8 Å². The van der Waals surface area contributed by atoms with Crippen molar-refractivity contribution in [3.8, 4) is 0 Å². The van der Waals surface area contributed by atoms with E-state index in [1.807, 2.05) is 0 Å². The molecule has 1 aromatic rings. The van der Waals surface area contributed by atoms with E-state index in [1.54, 1.807) is 23.4 Å². The summed E-state index contributed by atoms with van der Waals surface area (Å²) in [6.07, 6.45) is 3.62. The molecule has 0 saturated carbocycles. The lowest BCUT2D eigenvalue weighted by atomic mass is 10.1. The maximum atomic E-state index is 12.1. The molecule has 0 bridgehead atoms. The van der Waals surface area contributed by atoms with Crippen LogP contribution >= 0.6 is 0 Å². The quantitative estimate of drug-likeness (QED) is 0.717. The molecule has 1 aromatic heterocycles. The van der Waals surface area contributed by atoms with Crippen molar-refractivity contribution in [1.29, 1.82) is 0 Å². The third kappa shape index (κ3) is 4.68. The van der Waals surface area contributed by atoms with Gasteiger partial charge in [-0.25, -0.2) is 9.97 Å². The molecule has 1 atom stereocenters. The summed E-state index contributed by atoms with van der Waals surface area (Å²) in [6.45, 7) is 6.40. The van der Waals surface area contributed by atoms with Gasteiger partial charge < -0.3 is 15.5 Å². The van der Waals surface area contributed by atoms with Crippen LogP contribution in [0.25, 0.3) is 0 Å². The van der Waals surface area contributed by atoms with Crippen LogP contribution in [-0.4, -0.2) is 52.9 Å². The zero-order valence-electron chi connectivity index (χ0n) is 13.1. The van der Waals surface area contributed by atoms with Crippen LogP contribution in [0.15, 0.2) is 18.5 Å². The predicted molar refractivity (Wildman–Crippen MR) is 83.1 cm³/mol. The van der Waals surface area contributed by atoms with E-state index in [-0.39, 0.29) is 17.7 Å². The highest BCUT2D eigenvalue weighted by atomic mass is 16.2. The molecule has 1 aliphatic heterocycles. The van der Waals surface area contributed by atoms with Crippen molar-refractivity contribution in [2.24, 2.45) is 11.8 Å². The molecule has 1 saturated heterocycles. The minimum atomic E-state index is -0.237. The summed E-state index contributed by atoms with van der Waals surface area (Å²) in [7, 11) is 0. The minimum Gasteiger partial charge on any atom is -0.354 e. The first-order valence-electron chi connectivity index (χ1n) is 7.62. The van der Waals surface area contributed by atoms with Crippen molar-refractivity contribution in [2.75, 3.05) is 31.5 Å². The number of anilines is 1. The fraction of sp³-hybridized carbons (Fsp3) is 0.600. The Bertz CT molecular complexity index is 506. The highest BCUT2D eigenvalue weighted by Crippen LogP contribution is 2.19. The van der Waals surface area contributed by atoms with Gasteiger partial charge in [0.25, 0.3) is 0 Å². The largest absolute Gasteiger partial charge is 0.354 e. The fourth-order valence-electron chi connectivity index (χ4n) is 2.46. The maximum absolute atomic E-state index is 12.1. The first-order chi connectivity index (χ1) is 10.6. The molecule has 22 heavy (non-hydrogen) atoms. The van der Waals surface area contributed by atoms with E-state index in [2.05, 4.69) is 34.4 Å². The van der Waals surface area contributed by atoms with Crippen LogP contribution < -0.4 is 10.6 Å². The molecule has 7 nitrogen and oxygen atoms in total. The molecule has 2 amide bonds. The Labute approximate surface area is 130 Å². The van der Waals surface area contributed by atoms with Crippen molar-refractivity contribution < 1.29 is 9.59 Å². The molecule has 0 radical (unpaired) electrons. The van der Waals surface area contributed by atoms with E-state index in [4.69, 9.17) is 0 Å². The molecule has 1 fully saturated rings. The summed E-state index contributed by atoms with van der Waals surface area (Å²) in [4.78, 5) is 33.8. The summed E-state index contributed by atoms with van der Waals surface area (Å²) in [6, 6.07) is 1.74. The van der Waals surface area contributed by atoms with Gasteiger partial charge in [-0.2, -0.15) is 0 Å². The molecule has 1 aliphatic rings. The molecule has 0 aliphatic carbocycles. The van der Waals surface area contributed by atoms with Crippen LogP contribution in [0.1, 0.15) is 20.3 Å². The number of hydrogen-bond donors (Lipinski definition) is 2. The van der Waals surface area contributed by atoms with Crippen molar-refractivity contribution in [2.45, 2.75) is 20.3 Å². The van der Waals surface area contributed by atoms with E-state index in [1.165, 1.54) is 0 Å². The molecule has 0 spiro atoms. The second kappa shape index (κ2) is 7.72. The Morgan fingerprint density at radius 3 is 2.77 bits per heavy atom. The Kier molecular flexibility index (Phi) is 5.68. The fourth-order valence-corrected chi connectivity index (χ4v) is 2.46. The summed E-state index contributed by atoms with van der Waals surface area (Å²) >= 11 is 0. The van der Waals surface area contributed by atoms with Gasteiger partial charge in [0.2, 0.25) is 17.8 Å². The number of rotatable bonds is 7. The molecule has 0 aromatic carbocycles. The van der Waals surface area contributed by atoms with Gasteiger partial charge in [0.05, 0.1) is 5.92 Å². The molecule has 120 valence electrons. The Hall–Kier alpha value is -2.18. The van der Waals surface area contributed by atoms with Crippen LogP contribution in [0, 0.1) is 11.8 Å².